The molecule has 0 unspecified atom stereocenters. The zero-order chi connectivity index (χ0) is 10.2. The van der Waals surface area contributed by atoms with Gasteiger partial charge in [0.1, 0.15) is 11.6 Å². The molecule has 1 fully saturated rings. The summed E-state index contributed by atoms with van der Waals surface area (Å²) in [5.74, 6) is -1.09. The highest BCUT2D eigenvalue weighted by atomic mass is 19.1. The molecule has 2 nitrogen and oxygen atoms in total. The van der Waals surface area contributed by atoms with Gasteiger partial charge in [-0.05, 0) is 25.8 Å². The minimum Gasteiger partial charge on any atom is -0.330 e. The fourth-order valence-electron chi connectivity index (χ4n) is 1.97. The Labute approximate surface area is 81.1 Å². The number of nitrogens with zero attached hydrogens (tertiary/aromatic N) is 1. The Bertz CT molecular complexity index is 328. The number of pyridine rings is 1. The van der Waals surface area contributed by atoms with Crippen LogP contribution < -0.4 is 5.73 Å². The molecule has 0 aliphatic heterocycles. The quantitative estimate of drug-likeness (QED) is 0.803. The lowest BCUT2D eigenvalue weighted by Gasteiger charge is -2.15. The van der Waals surface area contributed by atoms with Gasteiger partial charge in [-0.1, -0.05) is 0 Å². The van der Waals surface area contributed by atoms with Gasteiger partial charge in [-0.25, -0.2) is 8.78 Å². The van der Waals surface area contributed by atoms with E-state index in [1.54, 1.807) is 0 Å². The van der Waals surface area contributed by atoms with Crippen LogP contribution in [0.2, 0.25) is 0 Å². The maximum absolute atomic E-state index is 13.4. The number of hydrogen-bond acceptors (Lipinski definition) is 2. The minimum absolute atomic E-state index is 0.179. The molecule has 0 spiro atoms. The van der Waals surface area contributed by atoms with E-state index in [4.69, 9.17) is 5.73 Å². The molecule has 0 amide bonds. The smallest absolute Gasteiger partial charge is 0.148 e. The number of halogens is 2. The fourth-order valence-corrected chi connectivity index (χ4v) is 1.97. The van der Waals surface area contributed by atoms with E-state index < -0.39 is 11.6 Å². The van der Waals surface area contributed by atoms with E-state index in [-0.39, 0.29) is 11.0 Å². The molecular weight excluding hydrogens is 186 g/mol. The van der Waals surface area contributed by atoms with Gasteiger partial charge in [0.2, 0.25) is 0 Å². The van der Waals surface area contributed by atoms with Crippen molar-refractivity contribution in [2.24, 2.45) is 5.73 Å². The first-order chi connectivity index (χ1) is 6.69. The van der Waals surface area contributed by atoms with Crippen molar-refractivity contribution in [1.29, 1.82) is 0 Å². The summed E-state index contributed by atoms with van der Waals surface area (Å²) in [6, 6.07) is 0. The maximum Gasteiger partial charge on any atom is 0.148 e. The van der Waals surface area contributed by atoms with Crippen LogP contribution in [-0.4, -0.2) is 11.5 Å². The van der Waals surface area contributed by atoms with Crippen molar-refractivity contribution in [3.05, 3.63) is 29.6 Å². The van der Waals surface area contributed by atoms with E-state index in [1.807, 2.05) is 0 Å². The van der Waals surface area contributed by atoms with Crippen LogP contribution in [-0.2, 0) is 5.41 Å². The van der Waals surface area contributed by atoms with Gasteiger partial charge in [-0.3, -0.25) is 4.98 Å². The zero-order valence-electron chi connectivity index (χ0n) is 7.76. The van der Waals surface area contributed by atoms with E-state index in [9.17, 15) is 8.78 Å². The van der Waals surface area contributed by atoms with Gasteiger partial charge in [0.05, 0.1) is 12.4 Å². The molecule has 0 aromatic carbocycles. The van der Waals surface area contributed by atoms with Crippen molar-refractivity contribution in [3.63, 3.8) is 0 Å². The third kappa shape index (κ3) is 1.39. The lowest BCUT2D eigenvalue weighted by Crippen LogP contribution is -2.17. The van der Waals surface area contributed by atoms with Gasteiger partial charge in [0.25, 0.3) is 0 Å². The van der Waals surface area contributed by atoms with E-state index >= 15 is 0 Å². The first kappa shape index (κ1) is 9.52. The standard InChI is InChI=1S/C10H12F2N2/c11-7-5-14-6-8(12)9(7)10(1-2-10)3-4-13/h5-6H,1-4,13H2. The third-order valence-corrected chi connectivity index (χ3v) is 2.86. The van der Waals surface area contributed by atoms with Crippen LogP contribution >= 0.6 is 0 Å². The van der Waals surface area contributed by atoms with Crippen molar-refractivity contribution in [2.45, 2.75) is 24.7 Å². The van der Waals surface area contributed by atoms with E-state index in [2.05, 4.69) is 4.98 Å². The SMILES string of the molecule is NCCC1(c2c(F)cncc2F)CC1. The fraction of sp³-hybridized carbons (Fsp3) is 0.500. The average Bonchev–Trinajstić information content (AvgIpc) is 2.86. The molecule has 1 heterocycles. The van der Waals surface area contributed by atoms with Crippen molar-refractivity contribution >= 4 is 0 Å². The number of rotatable bonds is 3. The molecule has 1 aromatic rings. The summed E-state index contributed by atoms with van der Waals surface area (Å²) in [5.41, 5.74) is 5.27. The molecule has 2 rings (SSSR count). The van der Waals surface area contributed by atoms with Crippen LogP contribution in [0.25, 0.3) is 0 Å². The Morgan fingerprint density at radius 1 is 1.29 bits per heavy atom. The Hall–Kier alpha value is -1.03. The number of nitrogens with two attached hydrogens (primary N) is 1. The summed E-state index contributed by atoms with van der Waals surface area (Å²) < 4.78 is 26.7. The average molecular weight is 198 g/mol. The highest BCUT2D eigenvalue weighted by Gasteiger charge is 2.47. The number of hydrogen-bond donors (Lipinski definition) is 1. The maximum atomic E-state index is 13.4. The summed E-state index contributed by atoms with van der Waals surface area (Å²) in [5, 5.41) is 0. The second-order valence-corrected chi connectivity index (χ2v) is 3.80. The van der Waals surface area contributed by atoms with Crippen molar-refractivity contribution in [1.82, 2.24) is 4.98 Å². The molecule has 0 atom stereocenters. The first-order valence-corrected chi connectivity index (χ1v) is 4.69. The van der Waals surface area contributed by atoms with Gasteiger partial charge in [0, 0.05) is 11.0 Å². The van der Waals surface area contributed by atoms with Crippen molar-refractivity contribution in [2.75, 3.05) is 6.54 Å². The minimum atomic E-state index is -0.545. The molecule has 0 saturated heterocycles. The molecular formula is C10H12F2N2. The van der Waals surface area contributed by atoms with Gasteiger partial charge in [0.15, 0.2) is 0 Å². The molecule has 0 radical (unpaired) electrons. The normalized spacial score (nSPS) is 18.2. The summed E-state index contributed by atoms with van der Waals surface area (Å²) in [6.07, 6.45) is 4.42. The Kier molecular flexibility index (Phi) is 2.23. The molecule has 1 aromatic heterocycles. The largest absolute Gasteiger partial charge is 0.330 e. The van der Waals surface area contributed by atoms with Crippen LogP contribution in [0.1, 0.15) is 24.8 Å². The second kappa shape index (κ2) is 3.28. The van der Waals surface area contributed by atoms with Crippen molar-refractivity contribution < 1.29 is 8.78 Å². The molecule has 2 N–H and O–H groups in total. The van der Waals surface area contributed by atoms with Crippen LogP contribution in [0.3, 0.4) is 0 Å². The van der Waals surface area contributed by atoms with E-state index in [0.717, 1.165) is 25.2 Å². The highest BCUT2D eigenvalue weighted by molar-refractivity contribution is 5.32. The Balaban J connectivity index is 2.40. The molecule has 4 heteroatoms. The second-order valence-electron chi connectivity index (χ2n) is 3.80. The molecule has 1 aliphatic rings. The molecule has 76 valence electrons. The van der Waals surface area contributed by atoms with Gasteiger partial charge >= 0.3 is 0 Å². The van der Waals surface area contributed by atoms with E-state index in [1.165, 1.54) is 0 Å². The number of aromatic nitrogens is 1. The van der Waals surface area contributed by atoms with Gasteiger partial charge in [-0.2, -0.15) is 0 Å². The first-order valence-electron chi connectivity index (χ1n) is 4.69. The van der Waals surface area contributed by atoms with Crippen LogP contribution in [0.15, 0.2) is 12.4 Å². The zero-order valence-corrected chi connectivity index (χ0v) is 7.76. The molecule has 0 bridgehead atoms. The topological polar surface area (TPSA) is 38.9 Å². The Morgan fingerprint density at radius 2 is 1.86 bits per heavy atom. The monoisotopic (exact) mass is 198 g/mol. The molecule has 14 heavy (non-hydrogen) atoms. The van der Waals surface area contributed by atoms with Crippen LogP contribution in [0.4, 0.5) is 8.78 Å². The predicted molar refractivity (Wildman–Crippen MR) is 48.7 cm³/mol. The lowest BCUT2D eigenvalue weighted by atomic mass is 9.92. The van der Waals surface area contributed by atoms with Crippen LogP contribution in [0, 0.1) is 11.6 Å². The lowest BCUT2D eigenvalue weighted by molar-refractivity contribution is 0.493. The third-order valence-electron chi connectivity index (χ3n) is 2.86. The van der Waals surface area contributed by atoms with Crippen molar-refractivity contribution in [3.8, 4) is 0 Å². The molecule has 1 aliphatic carbocycles. The summed E-state index contributed by atoms with van der Waals surface area (Å²) in [4.78, 5) is 3.46. The molecule has 1 saturated carbocycles. The summed E-state index contributed by atoms with van der Waals surface area (Å²) in [7, 11) is 0. The Morgan fingerprint density at radius 3 is 2.29 bits per heavy atom. The van der Waals surface area contributed by atoms with E-state index in [0.29, 0.717) is 13.0 Å². The van der Waals surface area contributed by atoms with Gasteiger partial charge in [-0.15, -0.1) is 0 Å². The highest BCUT2D eigenvalue weighted by Crippen LogP contribution is 2.52. The predicted octanol–water partition coefficient (Wildman–Crippen LogP) is 1.74. The summed E-state index contributed by atoms with van der Waals surface area (Å²) in [6.45, 7) is 0.460. The van der Waals surface area contributed by atoms with Crippen LogP contribution in [0.5, 0.6) is 0 Å². The summed E-state index contributed by atoms with van der Waals surface area (Å²) >= 11 is 0. The van der Waals surface area contributed by atoms with Gasteiger partial charge < -0.3 is 5.73 Å².